The molecule has 8 heteroatoms. The SMILES string of the molecule is CP(=O)=S(=S)=S=S=S=S. The maximum absolute atomic E-state index is 10.6. The second kappa shape index (κ2) is 6.15. The smallest absolute Gasteiger partial charge is 0.162 e. The van der Waals surface area contributed by atoms with Crippen molar-refractivity contribution in [3.8, 4) is 0 Å². The fraction of sp³-hybridized carbons (Fsp3) is 1.00. The normalized spacial score (nSPS) is 9.67. The lowest BCUT2D eigenvalue weighted by molar-refractivity contribution is 0.600. The van der Waals surface area contributed by atoms with Crippen molar-refractivity contribution in [2.24, 2.45) is 0 Å². The first-order valence-corrected chi connectivity index (χ1v) is 11.0. The molecule has 0 rings (SSSR count). The first-order chi connectivity index (χ1) is 4.18. The highest BCUT2D eigenvalue weighted by molar-refractivity contribution is 8.72. The molecule has 0 aromatic carbocycles. The minimum atomic E-state index is -1.20. The van der Waals surface area contributed by atoms with Crippen molar-refractivity contribution in [1.29, 1.82) is 0 Å². The predicted octanol–water partition coefficient (Wildman–Crippen LogP) is 0.894. The summed E-state index contributed by atoms with van der Waals surface area (Å²) in [7, 11) is 3.62. The standard InChI is InChI=1S/CH3OPS6/c1-3(2)9(5)8-7-6-4/h1H3. The van der Waals surface area contributed by atoms with E-state index in [0.29, 0.717) is 0 Å². The van der Waals surface area contributed by atoms with Crippen molar-refractivity contribution in [3.63, 3.8) is 0 Å². The molecule has 1 nitrogen and oxygen atoms in total. The van der Waals surface area contributed by atoms with E-state index in [0.717, 1.165) is 0 Å². The molecule has 0 heterocycles. The van der Waals surface area contributed by atoms with Crippen molar-refractivity contribution in [2.75, 3.05) is 6.66 Å². The number of hydrogen-bond acceptors (Lipinski definition) is 3. The summed E-state index contributed by atoms with van der Waals surface area (Å²) in [6.45, 7) is 0.448. The Bertz CT molecular complexity index is 365. The van der Waals surface area contributed by atoms with Gasteiger partial charge >= 0.3 is 0 Å². The molecule has 0 aliphatic carbocycles. The molecule has 0 N–H and O–H groups in total. The van der Waals surface area contributed by atoms with Crippen LogP contribution in [-0.4, -0.2) is 6.66 Å². The zero-order valence-electron chi connectivity index (χ0n) is 4.30. The molecule has 0 aromatic rings. The second-order valence-electron chi connectivity index (χ2n) is 0.861. The Hall–Kier alpha value is 1.42. The van der Waals surface area contributed by atoms with Gasteiger partial charge in [0, 0.05) is 6.66 Å². The zero-order chi connectivity index (χ0) is 7.28. The van der Waals surface area contributed by atoms with Gasteiger partial charge in [0.2, 0.25) is 0 Å². The fourth-order valence-electron chi connectivity index (χ4n) is 0.0780. The molecule has 0 saturated carbocycles. The van der Waals surface area contributed by atoms with Crippen LogP contribution in [0, 0.1) is 0 Å². The third kappa shape index (κ3) is 5.84. The minimum absolute atomic E-state index is 0.437. The van der Waals surface area contributed by atoms with Crippen LogP contribution in [0.25, 0.3) is 0 Å². The van der Waals surface area contributed by atoms with Gasteiger partial charge in [0.1, 0.15) is 0 Å². The molecule has 0 amide bonds. The summed E-state index contributed by atoms with van der Waals surface area (Å²) in [6.07, 6.45) is 0. The molecule has 1 atom stereocenters. The van der Waals surface area contributed by atoms with Gasteiger partial charge in [-0.2, -0.15) is 0 Å². The molecule has 0 aliphatic rings. The number of hydrogen-bond donors (Lipinski definition) is 0. The average molecular weight is 254 g/mol. The zero-order valence-corrected chi connectivity index (χ0v) is 10.1. The van der Waals surface area contributed by atoms with Crippen LogP contribution >= 0.6 is 6.58 Å². The Morgan fingerprint density at radius 2 is 2.22 bits per heavy atom. The lowest BCUT2D eigenvalue weighted by atomic mass is 12.0. The van der Waals surface area contributed by atoms with Crippen molar-refractivity contribution in [1.82, 2.24) is 0 Å². The molecule has 54 valence electrons. The summed E-state index contributed by atoms with van der Waals surface area (Å²) in [5.41, 5.74) is 0. The van der Waals surface area contributed by atoms with E-state index in [9.17, 15) is 4.57 Å². The first-order valence-electron chi connectivity index (χ1n) is 1.65. The van der Waals surface area contributed by atoms with E-state index in [4.69, 9.17) is 11.2 Å². The highest BCUT2D eigenvalue weighted by Crippen LogP contribution is 1.94. The summed E-state index contributed by atoms with van der Waals surface area (Å²) in [4.78, 5) is 0. The molecular weight excluding hydrogens is 251 g/mol. The molecule has 9 heavy (non-hydrogen) atoms. The van der Waals surface area contributed by atoms with Gasteiger partial charge in [-0.05, 0) is 56.2 Å². The summed E-state index contributed by atoms with van der Waals surface area (Å²) in [6, 6.07) is 0. The van der Waals surface area contributed by atoms with Gasteiger partial charge in [0.05, 0.1) is 0 Å². The summed E-state index contributed by atoms with van der Waals surface area (Å²) in [5, 5.41) is 0. The summed E-state index contributed by atoms with van der Waals surface area (Å²) >= 11 is 9.43. The third-order valence-corrected chi connectivity index (χ3v) is 14.9. The monoisotopic (exact) mass is 254 g/mol. The van der Waals surface area contributed by atoms with Crippen LogP contribution < -0.4 is 0 Å². The Morgan fingerprint density at radius 3 is 2.56 bits per heavy atom. The molecule has 0 aromatic heterocycles. The van der Waals surface area contributed by atoms with Gasteiger partial charge in [-0.15, -0.1) is 0 Å². The lowest BCUT2D eigenvalue weighted by Crippen LogP contribution is -1.41. The molecule has 0 bridgehead atoms. The average Bonchev–Trinajstić information content (AvgIpc) is 1.82. The van der Waals surface area contributed by atoms with Crippen molar-refractivity contribution in [3.05, 3.63) is 0 Å². The largest absolute Gasteiger partial charge is 0.271 e. The molecule has 0 fully saturated rings. The van der Waals surface area contributed by atoms with Gasteiger partial charge in [-0.25, -0.2) is 0 Å². The molecule has 0 aliphatic heterocycles. The van der Waals surface area contributed by atoms with E-state index in [1.807, 2.05) is 0 Å². The molecule has 0 radical (unpaired) electrons. The van der Waals surface area contributed by atoms with Gasteiger partial charge in [0.15, 0.2) is 6.58 Å². The van der Waals surface area contributed by atoms with Gasteiger partial charge in [-0.1, -0.05) is 0 Å². The Balaban J connectivity index is 5.93. The molecule has 1 unspecified atom stereocenters. The van der Waals surface area contributed by atoms with Gasteiger partial charge in [0.25, 0.3) is 0 Å². The van der Waals surface area contributed by atoms with Crippen LogP contribution in [-0.2, 0) is 60.8 Å². The van der Waals surface area contributed by atoms with Crippen LogP contribution in [0.1, 0.15) is 0 Å². The van der Waals surface area contributed by atoms with E-state index in [1.54, 1.807) is 6.66 Å². The Labute approximate surface area is 73.4 Å². The maximum atomic E-state index is 10.6. The quantitative estimate of drug-likeness (QED) is 0.598. The highest BCUT2D eigenvalue weighted by Gasteiger charge is 1.62. The highest BCUT2D eigenvalue weighted by atomic mass is 33.4. The maximum Gasteiger partial charge on any atom is 0.162 e. The predicted molar refractivity (Wildman–Crippen MR) is 57.7 cm³/mol. The van der Waals surface area contributed by atoms with Crippen LogP contribution in [0.3, 0.4) is 0 Å². The summed E-state index contributed by atoms with van der Waals surface area (Å²) in [5.74, 6) is 0. The van der Waals surface area contributed by atoms with E-state index in [2.05, 4.69) is 11.2 Å². The van der Waals surface area contributed by atoms with E-state index >= 15 is 0 Å². The van der Waals surface area contributed by atoms with Gasteiger partial charge < -0.3 is 0 Å². The third-order valence-electron chi connectivity index (χ3n) is 0.324. The van der Waals surface area contributed by atoms with Crippen LogP contribution in [0.5, 0.6) is 0 Å². The van der Waals surface area contributed by atoms with Crippen molar-refractivity contribution in [2.45, 2.75) is 0 Å². The van der Waals surface area contributed by atoms with Crippen LogP contribution in [0.15, 0.2) is 0 Å². The second-order valence-corrected chi connectivity index (χ2v) is 14.2. The van der Waals surface area contributed by atoms with E-state index in [-0.39, 0.29) is 0 Å². The van der Waals surface area contributed by atoms with Crippen LogP contribution in [0.2, 0.25) is 0 Å². The van der Waals surface area contributed by atoms with E-state index in [1.165, 1.54) is 26.6 Å². The van der Waals surface area contributed by atoms with Crippen LogP contribution in [0.4, 0.5) is 0 Å². The molecular formula is CH3OPS6. The van der Waals surface area contributed by atoms with Gasteiger partial charge in [-0.3, -0.25) is 4.57 Å². The lowest BCUT2D eigenvalue weighted by Gasteiger charge is -1.54. The molecule has 0 spiro atoms. The van der Waals surface area contributed by atoms with E-state index < -0.39 is 13.8 Å². The topological polar surface area (TPSA) is 17.1 Å². The fourth-order valence-corrected chi connectivity index (χ4v) is 12.0. The Morgan fingerprint density at radius 1 is 1.67 bits per heavy atom. The summed E-state index contributed by atoms with van der Waals surface area (Å²) < 4.78 is 10.6. The van der Waals surface area contributed by atoms with Crippen molar-refractivity contribution >= 4 is 62.8 Å². The minimum Gasteiger partial charge on any atom is -0.271 e. The number of rotatable bonds is 0. The Kier molecular flexibility index (Phi) is 7.12. The first kappa shape index (κ1) is 10.4. The van der Waals surface area contributed by atoms with Crippen molar-refractivity contribution < 1.29 is 4.57 Å². The molecule has 0 saturated heterocycles.